The van der Waals surface area contributed by atoms with Crippen LogP contribution in [0.3, 0.4) is 0 Å². The first kappa shape index (κ1) is 16.7. The van der Waals surface area contributed by atoms with Crippen LogP contribution in [0, 0.1) is 0 Å². The fourth-order valence-corrected chi connectivity index (χ4v) is 3.29. The van der Waals surface area contributed by atoms with Crippen LogP contribution >= 0.6 is 0 Å². The number of anilines is 3. The molecule has 1 fully saturated rings. The van der Waals surface area contributed by atoms with E-state index in [1.807, 2.05) is 54.5 Å². The standard InChI is InChI=1S/C21H21N7/c1-28(13-14-5-4-10-22-12-14)21-23-17-7-3-2-6-16(17)20(25-21)24-19-11-18(26-27-19)15-8-9-15/h2-7,10-12,15H,8-9,13H2,1H3,(H2,23,24,25,26,27). The van der Waals surface area contributed by atoms with Crippen LogP contribution in [-0.4, -0.2) is 32.2 Å². The zero-order chi connectivity index (χ0) is 18.9. The molecule has 0 bridgehead atoms. The number of aromatic amines is 1. The van der Waals surface area contributed by atoms with Gasteiger partial charge in [-0.15, -0.1) is 0 Å². The van der Waals surface area contributed by atoms with Gasteiger partial charge in [-0.2, -0.15) is 10.1 Å². The normalized spacial score (nSPS) is 13.6. The summed E-state index contributed by atoms with van der Waals surface area (Å²) >= 11 is 0. The smallest absolute Gasteiger partial charge is 0.227 e. The number of hydrogen-bond donors (Lipinski definition) is 2. The second-order valence-corrected chi connectivity index (χ2v) is 7.21. The van der Waals surface area contributed by atoms with Gasteiger partial charge in [-0.1, -0.05) is 18.2 Å². The van der Waals surface area contributed by atoms with Crippen LogP contribution in [0.15, 0.2) is 54.9 Å². The molecule has 0 radical (unpaired) electrons. The van der Waals surface area contributed by atoms with Gasteiger partial charge in [0.15, 0.2) is 5.82 Å². The maximum atomic E-state index is 4.79. The minimum atomic E-state index is 0.631. The van der Waals surface area contributed by atoms with E-state index in [4.69, 9.17) is 9.97 Å². The topological polar surface area (TPSA) is 82.6 Å². The van der Waals surface area contributed by atoms with E-state index in [1.54, 1.807) is 6.20 Å². The Morgan fingerprint density at radius 3 is 2.86 bits per heavy atom. The number of fused-ring (bicyclic) bond motifs is 1. The van der Waals surface area contributed by atoms with E-state index in [2.05, 4.69) is 26.6 Å². The molecule has 0 aliphatic heterocycles. The molecule has 1 aromatic carbocycles. The summed E-state index contributed by atoms with van der Waals surface area (Å²) in [5.74, 6) is 2.83. The largest absolute Gasteiger partial charge is 0.339 e. The summed E-state index contributed by atoms with van der Waals surface area (Å²) in [5, 5.41) is 11.9. The third kappa shape index (κ3) is 3.38. The van der Waals surface area contributed by atoms with Crippen molar-refractivity contribution in [3.8, 4) is 0 Å². The number of benzene rings is 1. The summed E-state index contributed by atoms with van der Waals surface area (Å²) in [6.07, 6.45) is 6.11. The van der Waals surface area contributed by atoms with Gasteiger partial charge < -0.3 is 10.2 Å². The average Bonchev–Trinajstić information content (AvgIpc) is 3.48. The van der Waals surface area contributed by atoms with Crippen LogP contribution in [0.5, 0.6) is 0 Å². The Hall–Kier alpha value is -3.48. The van der Waals surface area contributed by atoms with Gasteiger partial charge in [0, 0.05) is 49.1 Å². The molecule has 0 atom stereocenters. The molecule has 0 unspecified atom stereocenters. The van der Waals surface area contributed by atoms with E-state index in [0.717, 1.165) is 28.1 Å². The Morgan fingerprint density at radius 2 is 2.04 bits per heavy atom. The molecule has 1 saturated carbocycles. The molecule has 0 amide bonds. The van der Waals surface area contributed by atoms with Gasteiger partial charge in [-0.3, -0.25) is 10.1 Å². The highest BCUT2D eigenvalue weighted by Gasteiger charge is 2.25. The number of nitrogens with one attached hydrogen (secondary N) is 2. The predicted molar refractivity (Wildman–Crippen MR) is 110 cm³/mol. The first-order chi connectivity index (χ1) is 13.8. The predicted octanol–water partition coefficient (Wildman–Crippen LogP) is 4.01. The van der Waals surface area contributed by atoms with Gasteiger partial charge in [-0.05, 0) is 36.6 Å². The van der Waals surface area contributed by atoms with Gasteiger partial charge in [0.25, 0.3) is 0 Å². The Bertz CT molecular complexity index is 1100. The summed E-state index contributed by atoms with van der Waals surface area (Å²) in [6, 6.07) is 14.1. The second kappa shape index (κ2) is 6.92. The summed E-state index contributed by atoms with van der Waals surface area (Å²) < 4.78 is 0. The summed E-state index contributed by atoms with van der Waals surface area (Å²) in [4.78, 5) is 15.7. The molecule has 140 valence electrons. The van der Waals surface area contributed by atoms with Gasteiger partial charge in [-0.25, -0.2) is 4.98 Å². The van der Waals surface area contributed by atoms with Crippen molar-refractivity contribution in [1.82, 2.24) is 25.1 Å². The molecule has 3 heterocycles. The SMILES string of the molecule is CN(Cc1cccnc1)c1nc(Nc2cc(C3CC3)[nH]n2)c2ccccc2n1. The first-order valence-corrected chi connectivity index (χ1v) is 9.45. The zero-order valence-electron chi connectivity index (χ0n) is 15.6. The fraction of sp³-hybridized carbons (Fsp3) is 0.238. The Balaban J connectivity index is 1.48. The average molecular weight is 371 g/mol. The van der Waals surface area contributed by atoms with Gasteiger partial charge >= 0.3 is 0 Å². The quantitative estimate of drug-likeness (QED) is 0.533. The van der Waals surface area contributed by atoms with Gasteiger partial charge in [0.05, 0.1) is 5.52 Å². The molecule has 1 aliphatic carbocycles. The van der Waals surface area contributed by atoms with Crippen LogP contribution in [-0.2, 0) is 6.54 Å². The van der Waals surface area contributed by atoms with E-state index in [9.17, 15) is 0 Å². The van der Waals surface area contributed by atoms with E-state index >= 15 is 0 Å². The highest BCUT2D eigenvalue weighted by Crippen LogP contribution is 2.39. The minimum Gasteiger partial charge on any atom is -0.339 e. The van der Waals surface area contributed by atoms with Gasteiger partial charge in [0.1, 0.15) is 5.82 Å². The molecular formula is C21H21N7. The maximum Gasteiger partial charge on any atom is 0.227 e. The van der Waals surface area contributed by atoms with Crippen molar-refractivity contribution in [2.24, 2.45) is 0 Å². The highest BCUT2D eigenvalue weighted by molar-refractivity contribution is 5.91. The van der Waals surface area contributed by atoms with E-state index < -0.39 is 0 Å². The third-order valence-corrected chi connectivity index (χ3v) is 4.94. The number of pyridine rings is 1. The molecule has 5 rings (SSSR count). The Kier molecular flexibility index (Phi) is 4.12. The Labute approximate surface area is 162 Å². The highest BCUT2D eigenvalue weighted by atomic mass is 15.3. The van der Waals surface area contributed by atoms with E-state index in [0.29, 0.717) is 18.4 Å². The lowest BCUT2D eigenvalue weighted by Crippen LogP contribution is -2.19. The number of hydrogen-bond acceptors (Lipinski definition) is 6. The van der Waals surface area contributed by atoms with Crippen LogP contribution in [0.4, 0.5) is 17.6 Å². The lowest BCUT2D eigenvalue weighted by Gasteiger charge is -2.18. The van der Waals surface area contributed by atoms with Crippen molar-refractivity contribution in [2.75, 3.05) is 17.3 Å². The second-order valence-electron chi connectivity index (χ2n) is 7.21. The van der Waals surface area contributed by atoms with E-state index in [1.165, 1.54) is 18.5 Å². The van der Waals surface area contributed by atoms with Crippen molar-refractivity contribution in [3.63, 3.8) is 0 Å². The van der Waals surface area contributed by atoms with Crippen molar-refractivity contribution < 1.29 is 0 Å². The molecule has 28 heavy (non-hydrogen) atoms. The van der Waals surface area contributed by atoms with Crippen molar-refractivity contribution >= 4 is 28.5 Å². The van der Waals surface area contributed by atoms with Gasteiger partial charge in [0.2, 0.25) is 5.95 Å². The zero-order valence-corrected chi connectivity index (χ0v) is 15.6. The number of aromatic nitrogens is 5. The van der Waals surface area contributed by atoms with E-state index in [-0.39, 0.29) is 0 Å². The number of nitrogens with zero attached hydrogens (tertiary/aromatic N) is 5. The van der Waals surface area contributed by atoms with Crippen molar-refractivity contribution in [1.29, 1.82) is 0 Å². The molecular weight excluding hydrogens is 350 g/mol. The number of rotatable bonds is 6. The molecule has 0 spiro atoms. The molecule has 3 aromatic heterocycles. The van der Waals surface area contributed by atoms with Crippen LogP contribution < -0.4 is 10.2 Å². The van der Waals surface area contributed by atoms with Crippen LogP contribution in [0.1, 0.15) is 30.0 Å². The lowest BCUT2D eigenvalue weighted by atomic mass is 10.2. The van der Waals surface area contributed by atoms with Crippen molar-refractivity contribution in [3.05, 3.63) is 66.1 Å². The summed E-state index contributed by atoms with van der Waals surface area (Å²) in [5.41, 5.74) is 3.19. The summed E-state index contributed by atoms with van der Waals surface area (Å²) in [7, 11) is 1.99. The molecule has 2 N–H and O–H groups in total. The number of H-pyrrole nitrogens is 1. The molecule has 1 aliphatic rings. The molecule has 7 nitrogen and oxygen atoms in total. The molecule has 0 saturated heterocycles. The third-order valence-electron chi connectivity index (χ3n) is 4.94. The minimum absolute atomic E-state index is 0.631. The summed E-state index contributed by atoms with van der Waals surface area (Å²) in [6.45, 7) is 0.680. The Morgan fingerprint density at radius 1 is 1.14 bits per heavy atom. The fourth-order valence-electron chi connectivity index (χ4n) is 3.29. The lowest BCUT2D eigenvalue weighted by molar-refractivity contribution is 0.869. The molecule has 7 heteroatoms. The first-order valence-electron chi connectivity index (χ1n) is 9.45. The maximum absolute atomic E-state index is 4.79. The van der Waals surface area contributed by atoms with Crippen LogP contribution in [0.25, 0.3) is 10.9 Å². The van der Waals surface area contributed by atoms with Crippen LogP contribution in [0.2, 0.25) is 0 Å². The molecule has 4 aromatic rings. The van der Waals surface area contributed by atoms with Crippen molar-refractivity contribution in [2.45, 2.75) is 25.3 Å². The monoisotopic (exact) mass is 371 g/mol. The number of para-hydroxylation sites is 1.